The first-order chi connectivity index (χ1) is 50.9. The molecule has 107 heavy (non-hydrogen) atoms. The van der Waals surface area contributed by atoms with Crippen molar-refractivity contribution in [2.24, 2.45) is 27.9 Å². The third kappa shape index (κ3) is 19.5. The van der Waals surface area contributed by atoms with E-state index in [4.69, 9.17) is 30.0 Å². The minimum atomic E-state index is -4.20. The zero-order valence-corrected chi connectivity index (χ0v) is 62.8. The van der Waals surface area contributed by atoms with Crippen LogP contribution in [0.5, 0.6) is 5.75 Å². The van der Waals surface area contributed by atoms with Crippen molar-refractivity contribution < 1.29 is 75.4 Å². The highest BCUT2D eigenvalue weighted by atomic mass is 32.2. The van der Waals surface area contributed by atoms with Crippen LogP contribution in [0.3, 0.4) is 0 Å². The number of anilines is 3. The van der Waals surface area contributed by atoms with Crippen LogP contribution in [0.2, 0.25) is 0 Å². The van der Waals surface area contributed by atoms with Gasteiger partial charge in [0.05, 0.1) is 41.0 Å². The molecule has 2 aliphatic heterocycles. The highest BCUT2D eigenvalue weighted by Gasteiger charge is 2.66. The number of hydrogen-bond acceptors (Lipinski definition) is 19. The largest absolute Gasteiger partial charge is 0.493 e. The van der Waals surface area contributed by atoms with Gasteiger partial charge in [-0.15, -0.1) is 0 Å². The second-order valence-electron chi connectivity index (χ2n) is 30.3. The Hall–Kier alpha value is -9.85. The number of primary amides is 1. The van der Waals surface area contributed by atoms with E-state index in [0.29, 0.717) is 102 Å². The molecule has 4 bridgehead atoms. The van der Waals surface area contributed by atoms with Gasteiger partial charge in [-0.3, -0.25) is 48.2 Å². The number of fused-ring (bicyclic) bond motifs is 2. The van der Waals surface area contributed by atoms with Gasteiger partial charge >= 0.3 is 18.1 Å². The average molecular weight is 1510 g/mol. The number of ether oxygens (including phenoxy) is 3. The number of carbonyl (C=O) groups excluding carboxylic acids is 8. The zero-order valence-electron chi connectivity index (χ0n) is 61.2. The van der Waals surface area contributed by atoms with Gasteiger partial charge in [0.2, 0.25) is 17.7 Å². The molecular formula is C76H95N13O16S2. The van der Waals surface area contributed by atoms with Crippen molar-refractivity contribution in [3.05, 3.63) is 125 Å². The molecule has 3 aromatic carbocycles. The molecule has 4 saturated carbocycles. The molecule has 4 aliphatic carbocycles. The van der Waals surface area contributed by atoms with E-state index in [2.05, 4.69) is 45.4 Å². The molecule has 31 heteroatoms. The summed E-state index contributed by atoms with van der Waals surface area (Å²) in [6, 6.07) is 18.5. The molecule has 6 aliphatic rings. The van der Waals surface area contributed by atoms with Crippen molar-refractivity contribution in [1.29, 1.82) is 0 Å². The maximum absolute atomic E-state index is 14.1. The topological polar surface area (TPSA) is 395 Å². The lowest BCUT2D eigenvalue weighted by molar-refractivity contribution is -0.248. The number of carboxylic acids is 1. The smallest absolute Gasteiger partial charge is 0.409 e. The third-order valence-electron chi connectivity index (χ3n) is 20.9. The van der Waals surface area contributed by atoms with E-state index in [1.165, 1.54) is 28.4 Å². The molecule has 9 N–H and O–H groups in total. The predicted molar refractivity (Wildman–Crippen MR) is 400 cm³/mol. The van der Waals surface area contributed by atoms with Crippen LogP contribution in [0.1, 0.15) is 161 Å². The summed E-state index contributed by atoms with van der Waals surface area (Å²) < 4.78 is 54.0. The van der Waals surface area contributed by atoms with Gasteiger partial charge < -0.3 is 56.1 Å². The summed E-state index contributed by atoms with van der Waals surface area (Å²) in [6.45, 7) is 12.3. The SMILES string of the molecule is Cc1c(-c2ccc(N3CCc4c(OCCCS(=O)(=O)O)ccc(C(=O)Nc5nc6ccccc6s5)c4C3)nc2C(=O)O)cnn1CC12CC3(C)CC(C)(C1)CC(OCCN(C)C(=O)OCc1ccc(NC(=O)[C@H](CCCCNC(N)=O)NC(=O)[C@@H](NC(=O)CCCCCN4C(=O)C=CC4=O)C(C)C)cc1)(C3)C2. The van der Waals surface area contributed by atoms with Crippen LogP contribution >= 0.6 is 11.3 Å². The normalized spacial score (nSPS) is 20.6. The van der Waals surface area contributed by atoms with Crippen molar-refractivity contribution >= 4 is 102 Å². The molecule has 29 nitrogen and oxygen atoms in total. The number of aromatic carboxylic acids is 1. The van der Waals surface area contributed by atoms with Crippen LogP contribution in [0.4, 0.5) is 26.2 Å². The van der Waals surface area contributed by atoms with E-state index in [9.17, 15) is 61.2 Å². The Bertz CT molecular complexity index is 4450. The quantitative estimate of drug-likeness (QED) is 0.0104. The van der Waals surface area contributed by atoms with Crippen molar-refractivity contribution in [2.45, 2.75) is 168 Å². The Balaban J connectivity index is 0.684. The molecule has 572 valence electrons. The molecule has 0 radical (unpaired) electrons. The van der Waals surface area contributed by atoms with Crippen LogP contribution < -0.4 is 42.0 Å². The number of likely N-dealkylation sites (N-methyl/N-ethyl adjacent to an activating group) is 1. The van der Waals surface area contributed by atoms with Gasteiger partial charge in [-0.25, -0.2) is 24.4 Å². The monoisotopic (exact) mass is 1510 g/mol. The lowest BCUT2D eigenvalue weighted by atomic mass is 9.39. The van der Waals surface area contributed by atoms with Crippen molar-refractivity contribution in [2.75, 3.05) is 67.7 Å². The van der Waals surface area contributed by atoms with Crippen molar-refractivity contribution in [1.82, 2.24) is 45.5 Å². The summed E-state index contributed by atoms with van der Waals surface area (Å²) >= 11 is 1.34. The number of nitrogens with zero attached hydrogens (tertiary/aromatic N) is 7. The number of thiazole rings is 1. The highest BCUT2D eigenvalue weighted by molar-refractivity contribution is 7.85. The summed E-state index contributed by atoms with van der Waals surface area (Å²) in [5, 5.41) is 30.2. The van der Waals surface area contributed by atoms with Gasteiger partial charge in [-0.2, -0.15) is 13.5 Å². The Morgan fingerprint density at radius 2 is 1.53 bits per heavy atom. The van der Waals surface area contributed by atoms with E-state index < -0.39 is 69.4 Å². The van der Waals surface area contributed by atoms with Gasteiger partial charge in [0.1, 0.15) is 30.3 Å². The van der Waals surface area contributed by atoms with Crippen LogP contribution in [0.25, 0.3) is 21.3 Å². The predicted octanol–water partition coefficient (Wildman–Crippen LogP) is 9.33. The van der Waals surface area contributed by atoms with E-state index >= 15 is 0 Å². The fraction of sp³-hybridized carbons (Fsp3) is 0.500. The number of carbonyl (C=O) groups is 9. The van der Waals surface area contributed by atoms with Gasteiger partial charge in [0.25, 0.3) is 27.8 Å². The van der Waals surface area contributed by atoms with Crippen molar-refractivity contribution in [3.63, 3.8) is 0 Å². The average Bonchev–Trinajstić information content (AvgIpc) is 1.08. The molecule has 4 atom stereocenters. The lowest BCUT2D eigenvalue weighted by Crippen LogP contribution is -2.64. The number of imide groups is 1. The molecule has 5 heterocycles. The summed E-state index contributed by atoms with van der Waals surface area (Å²) in [4.78, 5) is 131. The first-order valence-corrected chi connectivity index (χ1v) is 38.8. The van der Waals surface area contributed by atoms with E-state index in [0.717, 1.165) is 64.9 Å². The molecule has 6 aromatic rings. The number of rotatable bonds is 35. The summed E-state index contributed by atoms with van der Waals surface area (Å²) in [5.41, 5.74) is 9.66. The molecule has 12 rings (SSSR count). The third-order valence-corrected chi connectivity index (χ3v) is 22.7. The van der Waals surface area contributed by atoms with Crippen LogP contribution in [0.15, 0.2) is 91.1 Å². The van der Waals surface area contributed by atoms with Crippen LogP contribution in [0, 0.1) is 29.1 Å². The Morgan fingerprint density at radius 3 is 2.23 bits per heavy atom. The van der Waals surface area contributed by atoms with E-state index in [-0.39, 0.29) is 111 Å². The van der Waals surface area contributed by atoms with E-state index in [1.54, 1.807) is 75.6 Å². The number of unbranched alkanes of at least 4 members (excludes halogenated alkanes) is 3. The number of aromatic nitrogens is 4. The number of nitrogens with one attached hydrogen (secondary N) is 5. The number of pyridine rings is 1. The minimum Gasteiger partial charge on any atom is -0.493 e. The summed E-state index contributed by atoms with van der Waals surface area (Å²) in [6.07, 6.45) is 12.2. The Labute approximate surface area is 625 Å². The molecule has 9 amide bonds. The van der Waals surface area contributed by atoms with Crippen LogP contribution in [-0.4, -0.2) is 171 Å². The lowest BCUT2D eigenvalue weighted by Gasteiger charge is -2.69. The maximum Gasteiger partial charge on any atom is 0.409 e. The maximum atomic E-state index is 14.1. The van der Waals surface area contributed by atoms with Crippen LogP contribution in [-0.2, 0) is 69.7 Å². The molecular weight excluding hydrogens is 1420 g/mol. The summed E-state index contributed by atoms with van der Waals surface area (Å²) in [5.74, 6) is -3.76. The fourth-order valence-electron chi connectivity index (χ4n) is 17.1. The second-order valence-corrected chi connectivity index (χ2v) is 32.9. The van der Waals surface area contributed by atoms with E-state index in [1.807, 2.05) is 40.8 Å². The molecule has 0 spiro atoms. The summed E-state index contributed by atoms with van der Waals surface area (Å²) in [7, 11) is -2.54. The van der Waals surface area contributed by atoms with Gasteiger partial charge in [0.15, 0.2) is 10.8 Å². The first-order valence-electron chi connectivity index (χ1n) is 36.4. The highest BCUT2D eigenvalue weighted by Crippen LogP contribution is 2.72. The number of urea groups is 1. The standard InChI is InChI=1S/C76H95N13O16S2/c1-47(2)64(84-61(90)18-8-7-13-31-88-62(91)27-28-63(88)92)68(95)81-57(16-11-12-30-78-70(77)98)67(94)80-50-21-19-49(20-22-50)39-104-72(99)86(6)33-35-105-76-43-73(4)40-74(5,44-76)42-75(41-73,45-76)46-89-48(3)54(37-79-89)52-24-26-60(83-65(52)69(96)97)87-32-29-51-55(38-87)53(23-25-58(51)103-34-14-36-107(100,101)102)66(93)85-71-82-56-15-9-10-17-59(56)106-71/h9-10,15,17,19-28,37,47,57,64H,7-8,11-14,16,18,29-36,38-46H2,1-6H3,(H,80,94)(H,81,95)(H,84,90)(H,96,97)(H3,77,78,98)(H,82,85,93)(H,100,101,102)/t57-,64-,73?,74?,75?,76?/m0/s1. The number of nitrogens with two attached hydrogens (primary N) is 1. The zero-order chi connectivity index (χ0) is 76.6. The fourth-order valence-corrected chi connectivity index (χ4v) is 18.4. The number of carboxylic acid groups (broad SMARTS) is 1. The molecule has 0 saturated heterocycles. The number of para-hydroxylation sites is 1. The first kappa shape index (κ1) is 78.2. The molecule has 3 aromatic heterocycles. The van der Waals surface area contributed by atoms with Crippen molar-refractivity contribution in [3.8, 4) is 16.9 Å². The number of hydrogen-bond donors (Lipinski definition) is 8. The minimum absolute atomic E-state index is 0.00333. The Kier molecular flexibility index (Phi) is 24.2. The number of benzene rings is 3. The Morgan fingerprint density at radius 1 is 0.794 bits per heavy atom. The van der Waals surface area contributed by atoms with Gasteiger partial charge in [0, 0.05) is 98.5 Å². The molecule has 4 fully saturated rings. The van der Waals surface area contributed by atoms with Gasteiger partial charge in [-0.05, 0) is 172 Å². The second kappa shape index (κ2) is 33.1. The molecule has 2 unspecified atom stereocenters. The van der Waals surface area contributed by atoms with Gasteiger partial charge in [-0.1, -0.05) is 69.7 Å². The number of amides is 9.